The molecule has 126 valence electrons. The Labute approximate surface area is 153 Å². The van der Waals surface area contributed by atoms with Crippen molar-refractivity contribution in [1.82, 2.24) is 5.32 Å². The molecule has 1 amide bonds. The minimum atomic E-state index is -0.0753. The predicted octanol–water partition coefficient (Wildman–Crippen LogP) is 5.53. The average molecular weight is 362 g/mol. The first-order valence-corrected chi connectivity index (χ1v) is 8.58. The second-order valence-corrected chi connectivity index (χ2v) is 6.84. The minimum absolute atomic E-state index is 0.0481. The molecule has 2 nitrogen and oxygen atoms in total. The third-order valence-corrected chi connectivity index (χ3v) is 4.48. The van der Waals surface area contributed by atoms with E-state index >= 15 is 0 Å². The van der Waals surface area contributed by atoms with E-state index < -0.39 is 0 Å². The van der Waals surface area contributed by atoms with Gasteiger partial charge in [-0.15, -0.1) is 6.58 Å². The molecule has 0 saturated heterocycles. The van der Waals surface area contributed by atoms with Gasteiger partial charge in [-0.25, -0.2) is 0 Å². The van der Waals surface area contributed by atoms with Crippen molar-refractivity contribution in [2.75, 3.05) is 0 Å². The Hall–Kier alpha value is -1.77. The fourth-order valence-corrected chi connectivity index (χ4v) is 3.04. The average Bonchev–Trinajstić information content (AvgIpc) is 2.50. The summed E-state index contributed by atoms with van der Waals surface area (Å²) < 4.78 is 0. The smallest absolute Gasteiger partial charge is 0.251 e. The fraction of sp³-hybridized carbons (Fsp3) is 0.250. The van der Waals surface area contributed by atoms with Crippen LogP contribution in [0.25, 0.3) is 0 Å². The van der Waals surface area contributed by atoms with Crippen LogP contribution in [0.15, 0.2) is 49.1 Å². The molecule has 0 bridgehead atoms. The van der Waals surface area contributed by atoms with E-state index in [4.69, 9.17) is 23.2 Å². The normalized spacial score (nSPS) is 11.8. The number of benzene rings is 2. The summed E-state index contributed by atoms with van der Waals surface area (Å²) in [5, 5.41) is 4.13. The largest absolute Gasteiger partial charge is 0.349 e. The van der Waals surface area contributed by atoms with Crippen LogP contribution >= 0.6 is 23.2 Å². The van der Waals surface area contributed by atoms with Gasteiger partial charge in [0.1, 0.15) is 0 Å². The number of hydrogen-bond acceptors (Lipinski definition) is 1. The van der Waals surface area contributed by atoms with Crippen molar-refractivity contribution < 1.29 is 4.79 Å². The fourth-order valence-electron chi connectivity index (χ4n) is 2.72. The van der Waals surface area contributed by atoms with Crippen LogP contribution in [-0.2, 0) is 6.42 Å². The van der Waals surface area contributed by atoms with Crippen molar-refractivity contribution in [2.24, 2.45) is 0 Å². The first kappa shape index (κ1) is 18.6. The number of halogens is 2. The maximum absolute atomic E-state index is 12.6. The van der Waals surface area contributed by atoms with Crippen molar-refractivity contribution in [3.8, 4) is 0 Å². The minimum Gasteiger partial charge on any atom is -0.349 e. The van der Waals surface area contributed by atoms with E-state index in [1.54, 1.807) is 6.07 Å². The van der Waals surface area contributed by atoms with E-state index in [1.165, 1.54) is 0 Å². The zero-order chi connectivity index (χ0) is 17.7. The molecule has 0 aliphatic heterocycles. The van der Waals surface area contributed by atoms with Crippen molar-refractivity contribution in [2.45, 2.75) is 32.7 Å². The van der Waals surface area contributed by atoms with E-state index in [-0.39, 0.29) is 11.9 Å². The van der Waals surface area contributed by atoms with E-state index in [9.17, 15) is 4.79 Å². The van der Waals surface area contributed by atoms with Gasteiger partial charge in [0.05, 0.1) is 10.0 Å². The zero-order valence-corrected chi connectivity index (χ0v) is 15.4. The Bertz CT molecular complexity index is 735. The highest BCUT2D eigenvalue weighted by atomic mass is 35.5. The molecule has 1 atom stereocenters. The van der Waals surface area contributed by atoms with Crippen LogP contribution < -0.4 is 5.32 Å². The number of hydrogen-bond donors (Lipinski definition) is 1. The molecule has 0 radical (unpaired) electrons. The summed E-state index contributed by atoms with van der Waals surface area (Å²) >= 11 is 12.0. The second-order valence-electron chi connectivity index (χ2n) is 6.02. The SMILES string of the molecule is C=CCC(Cc1ccc(Cl)c(Cl)c1)NC(=O)c1cc(C)cc(C)c1. The van der Waals surface area contributed by atoms with Crippen LogP contribution in [-0.4, -0.2) is 11.9 Å². The second kappa shape index (κ2) is 8.36. The van der Waals surface area contributed by atoms with Gasteiger partial charge in [0.25, 0.3) is 5.91 Å². The van der Waals surface area contributed by atoms with E-state index in [0.29, 0.717) is 28.5 Å². The first-order chi connectivity index (χ1) is 11.4. The van der Waals surface area contributed by atoms with Gasteiger partial charge in [-0.2, -0.15) is 0 Å². The Morgan fingerprint density at radius 2 is 1.79 bits per heavy atom. The lowest BCUT2D eigenvalue weighted by molar-refractivity contribution is 0.0937. The summed E-state index contributed by atoms with van der Waals surface area (Å²) in [4.78, 5) is 12.6. The topological polar surface area (TPSA) is 29.1 Å². The van der Waals surface area contributed by atoms with Crippen LogP contribution in [0.4, 0.5) is 0 Å². The molecule has 2 aromatic carbocycles. The molecule has 0 aliphatic rings. The van der Waals surface area contributed by atoms with Crippen molar-refractivity contribution in [3.05, 3.63) is 81.4 Å². The summed E-state index contributed by atoms with van der Waals surface area (Å²) in [6, 6.07) is 11.3. The number of carbonyl (C=O) groups excluding carboxylic acids is 1. The van der Waals surface area contributed by atoms with Crippen LogP contribution in [0.2, 0.25) is 10.0 Å². The highest BCUT2D eigenvalue weighted by molar-refractivity contribution is 6.42. The monoisotopic (exact) mass is 361 g/mol. The van der Waals surface area contributed by atoms with Crippen LogP contribution in [0.5, 0.6) is 0 Å². The summed E-state index contributed by atoms with van der Waals surface area (Å²) in [5.41, 5.74) is 3.85. The third kappa shape index (κ3) is 5.12. The highest BCUT2D eigenvalue weighted by Crippen LogP contribution is 2.23. The predicted molar refractivity (Wildman–Crippen MR) is 102 cm³/mol. The Balaban J connectivity index is 2.13. The molecule has 0 saturated carbocycles. The zero-order valence-electron chi connectivity index (χ0n) is 13.9. The lowest BCUT2D eigenvalue weighted by Crippen LogP contribution is -2.36. The molecule has 0 heterocycles. The van der Waals surface area contributed by atoms with Gasteiger partial charge in [0.15, 0.2) is 0 Å². The molecule has 24 heavy (non-hydrogen) atoms. The molecule has 0 fully saturated rings. The third-order valence-electron chi connectivity index (χ3n) is 3.74. The van der Waals surface area contributed by atoms with Gasteiger partial charge in [-0.1, -0.05) is 52.5 Å². The molecule has 2 aromatic rings. The molecular weight excluding hydrogens is 341 g/mol. The molecule has 1 unspecified atom stereocenters. The van der Waals surface area contributed by atoms with Gasteiger partial charge in [0, 0.05) is 11.6 Å². The number of nitrogens with one attached hydrogen (secondary N) is 1. The number of rotatable bonds is 6. The molecule has 2 rings (SSSR count). The van der Waals surface area contributed by atoms with Crippen molar-refractivity contribution in [3.63, 3.8) is 0 Å². The van der Waals surface area contributed by atoms with Crippen molar-refractivity contribution >= 4 is 29.1 Å². The van der Waals surface area contributed by atoms with Crippen LogP contribution in [0.1, 0.15) is 33.5 Å². The Kier molecular flexibility index (Phi) is 6.47. The van der Waals surface area contributed by atoms with Crippen molar-refractivity contribution in [1.29, 1.82) is 0 Å². The summed E-state index contributed by atoms with van der Waals surface area (Å²) in [6.45, 7) is 7.76. The van der Waals surface area contributed by atoms with Crippen LogP contribution in [0.3, 0.4) is 0 Å². The molecule has 1 N–H and O–H groups in total. The molecule has 4 heteroatoms. The van der Waals surface area contributed by atoms with Gasteiger partial charge in [0.2, 0.25) is 0 Å². The Morgan fingerprint density at radius 1 is 1.12 bits per heavy atom. The van der Waals surface area contributed by atoms with Gasteiger partial charge >= 0.3 is 0 Å². The molecule has 0 aromatic heterocycles. The van der Waals surface area contributed by atoms with E-state index in [1.807, 2.05) is 50.3 Å². The molecule has 0 spiro atoms. The Morgan fingerprint density at radius 3 is 2.38 bits per heavy atom. The maximum Gasteiger partial charge on any atom is 0.251 e. The summed E-state index contributed by atoms with van der Waals surface area (Å²) in [5.74, 6) is -0.0753. The number of carbonyl (C=O) groups is 1. The summed E-state index contributed by atoms with van der Waals surface area (Å²) in [6.07, 6.45) is 3.15. The number of aryl methyl sites for hydroxylation is 2. The first-order valence-electron chi connectivity index (χ1n) is 7.83. The number of amides is 1. The van der Waals surface area contributed by atoms with Crippen LogP contribution in [0, 0.1) is 13.8 Å². The van der Waals surface area contributed by atoms with Gasteiger partial charge < -0.3 is 5.32 Å². The van der Waals surface area contributed by atoms with E-state index in [2.05, 4.69) is 11.9 Å². The molecule has 0 aliphatic carbocycles. The maximum atomic E-state index is 12.6. The highest BCUT2D eigenvalue weighted by Gasteiger charge is 2.14. The van der Waals surface area contributed by atoms with E-state index in [0.717, 1.165) is 16.7 Å². The van der Waals surface area contributed by atoms with Gasteiger partial charge in [-0.3, -0.25) is 4.79 Å². The quantitative estimate of drug-likeness (QED) is 0.673. The van der Waals surface area contributed by atoms with Gasteiger partial charge in [-0.05, 0) is 56.5 Å². The lowest BCUT2D eigenvalue weighted by Gasteiger charge is -2.18. The standard InChI is InChI=1S/C20H21Cl2NO/c1-4-5-17(11-15-6-7-18(21)19(22)12-15)23-20(24)16-9-13(2)8-14(3)10-16/h4,6-10,12,17H,1,5,11H2,2-3H3,(H,23,24). The summed E-state index contributed by atoms with van der Waals surface area (Å²) in [7, 11) is 0. The lowest BCUT2D eigenvalue weighted by atomic mass is 10.0. The molecular formula is C20H21Cl2NO.